The van der Waals surface area contributed by atoms with Gasteiger partial charge in [0.25, 0.3) is 0 Å². The Hall–Kier alpha value is -11.2. The third-order valence-corrected chi connectivity index (χ3v) is 20.2. The van der Waals surface area contributed by atoms with Crippen LogP contribution < -0.4 is 0 Å². The predicted molar refractivity (Wildman–Crippen MR) is 374 cm³/mol. The SMILES string of the molecule is Cc1ccccc1-c1ccc2c3cc4c(-c5ccccc5)c5c6ccc7c8ccc9c%10c(ccc(c%11ccc(c5c(-c5ccccc5)c4cc3c3cccc1c32)c6c%117)c%108)-c1c-9c(-c2ccccc2-c2ccccc2)c2ccccc2c1-c1ccccc1. The van der Waals surface area contributed by atoms with Crippen LogP contribution in [-0.4, -0.2) is 0 Å². The summed E-state index contributed by atoms with van der Waals surface area (Å²) in [5, 5.41) is 28.8. The smallest absolute Gasteiger partial charge is 0.000718 e. The number of hydrogen-bond donors (Lipinski definition) is 0. The van der Waals surface area contributed by atoms with Crippen LogP contribution >= 0.6 is 0 Å². The average Bonchev–Trinajstić information content (AvgIpc) is 1.56. The highest BCUT2D eigenvalue weighted by Crippen LogP contribution is 2.62. The van der Waals surface area contributed by atoms with E-state index in [9.17, 15) is 0 Å². The molecule has 0 N–H and O–H groups in total. The lowest BCUT2D eigenvalue weighted by Crippen LogP contribution is -1.95. The van der Waals surface area contributed by atoms with E-state index < -0.39 is 0 Å². The van der Waals surface area contributed by atoms with E-state index >= 15 is 0 Å². The maximum absolute atomic E-state index is 2.56. The van der Waals surface area contributed by atoms with Gasteiger partial charge in [0, 0.05) is 0 Å². The summed E-state index contributed by atoms with van der Waals surface area (Å²) in [5.41, 5.74) is 21.7. The monoisotopic (exact) mass is 1090 g/mol. The van der Waals surface area contributed by atoms with E-state index in [0.29, 0.717) is 0 Å². The van der Waals surface area contributed by atoms with Gasteiger partial charge in [-0.3, -0.25) is 0 Å². The number of benzene rings is 17. The zero-order chi connectivity index (χ0) is 56.8. The molecule has 0 radical (unpaired) electrons. The molecule has 1 aliphatic carbocycles. The molecule has 0 heterocycles. The second-order valence-corrected chi connectivity index (χ2v) is 24.3. The van der Waals surface area contributed by atoms with Gasteiger partial charge in [0.05, 0.1) is 0 Å². The zero-order valence-electron chi connectivity index (χ0n) is 47.6. The van der Waals surface area contributed by atoms with Crippen LogP contribution in [0.15, 0.2) is 285 Å². The minimum absolute atomic E-state index is 1.22. The fourth-order valence-electron chi connectivity index (χ4n) is 16.7. The van der Waals surface area contributed by atoms with Gasteiger partial charge >= 0.3 is 0 Å². The Morgan fingerprint density at radius 2 is 0.517 bits per heavy atom. The van der Waals surface area contributed by atoms with Gasteiger partial charge in [-0.05, 0) is 232 Å². The van der Waals surface area contributed by atoms with Gasteiger partial charge in [-0.25, -0.2) is 0 Å². The molecule has 0 aromatic heterocycles. The van der Waals surface area contributed by atoms with Crippen molar-refractivity contribution in [1.82, 2.24) is 0 Å². The number of hydrogen-bond acceptors (Lipinski definition) is 0. The molecule has 0 amide bonds. The molecule has 0 fully saturated rings. The molecule has 0 aliphatic heterocycles. The molecule has 19 aromatic rings. The van der Waals surface area contributed by atoms with Gasteiger partial charge in [0.2, 0.25) is 0 Å². The molecular formula is C87H50. The fraction of sp³-hybridized carbons (Fsp3) is 0.0115. The minimum atomic E-state index is 1.22. The average molecular weight is 1100 g/mol. The molecule has 0 saturated carbocycles. The third-order valence-electron chi connectivity index (χ3n) is 20.2. The summed E-state index contributed by atoms with van der Waals surface area (Å²) < 4.78 is 0. The number of rotatable bonds is 6. The molecule has 0 nitrogen and oxygen atoms in total. The van der Waals surface area contributed by atoms with Crippen molar-refractivity contribution in [2.45, 2.75) is 6.92 Å². The topological polar surface area (TPSA) is 0 Å². The van der Waals surface area contributed by atoms with E-state index in [1.807, 2.05) is 0 Å². The van der Waals surface area contributed by atoms with Gasteiger partial charge in [-0.15, -0.1) is 0 Å². The number of fused-ring (bicyclic) bond motifs is 13. The van der Waals surface area contributed by atoms with Crippen molar-refractivity contribution in [3.05, 3.63) is 291 Å². The Kier molecular flexibility index (Phi) is 9.47. The van der Waals surface area contributed by atoms with Gasteiger partial charge in [0.15, 0.2) is 0 Å². The van der Waals surface area contributed by atoms with E-state index in [0.717, 1.165) is 0 Å². The quantitative estimate of drug-likeness (QED) is 0.115. The van der Waals surface area contributed by atoms with Crippen molar-refractivity contribution in [2.75, 3.05) is 0 Å². The highest BCUT2D eigenvalue weighted by molar-refractivity contribution is 6.48. The molecule has 0 atom stereocenters. The van der Waals surface area contributed by atoms with Crippen LogP contribution in [-0.2, 0) is 0 Å². The van der Waals surface area contributed by atoms with E-state index in [1.54, 1.807) is 0 Å². The molecule has 19 aromatic carbocycles. The first-order valence-corrected chi connectivity index (χ1v) is 30.6. The molecule has 1 aliphatic rings. The molecule has 0 bridgehead atoms. The van der Waals surface area contributed by atoms with Gasteiger partial charge in [0.1, 0.15) is 0 Å². The molecule has 0 heteroatoms. The molecule has 398 valence electrons. The summed E-state index contributed by atoms with van der Waals surface area (Å²) in [6, 6.07) is 108. The Morgan fingerprint density at radius 1 is 0.149 bits per heavy atom. The summed E-state index contributed by atoms with van der Waals surface area (Å²) in [6.45, 7) is 2.23. The minimum Gasteiger partial charge on any atom is -0.0622 e. The van der Waals surface area contributed by atoms with Crippen molar-refractivity contribution < 1.29 is 0 Å². The maximum atomic E-state index is 2.56. The van der Waals surface area contributed by atoms with Crippen LogP contribution in [0.5, 0.6) is 0 Å². The second kappa shape index (κ2) is 17.5. The summed E-state index contributed by atoms with van der Waals surface area (Å²) in [6.07, 6.45) is 0. The molecule has 0 unspecified atom stereocenters. The molecular weight excluding hydrogens is 1040 g/mol. The van der Waals surface area contributed by atoms with E-state index in [1.165, 1.54) is 213 Å². The third kappa shape index (κ3) is 6.21. The summed E-state index contributed by atoms with van der Waals surface area (Å²) in [5.74, 6) is 0. The summed E-state index contributed by atoms with van der Waals surface area (Å²) >= 11 is 0. The standard InChI is InChI=1S/C87H50/c1-49-21-14-15-30-54(49)56-37-38-66-72-48-74-73(47-71(72)61-36-20-35-58(56)78(61)66)76(52-26-10-4-11-27-52)85-68-44-40-62-64-39-43-67-83-70(46-42-65(80(64)83)63-41-45-69(82(68)79(62)63)86(85)77(74)53-28-12-5-13-29-53)87-81(57-32-17-16-31-55(57)50-22-6-2-7-23-50)60-34-19-18-33-59(60)75(84(67)87)51-24-8-3-9-25-51/h2-48H,1H3. The van der Waals surface area contributed by atoms with Crippen molar-refractivity contribution in [3.63, 3.8) is 0 Å². The second-order valence-electron chi connectivity index (χ2n) is 24.3. The zero-order valence-corrected chi connectivity index (χ0v) is 47.6. The molecule has 0 saturated heterocycles. The highest BCUT2D eigenvalue weighted by atomic mass is 14.4. The Labute approximate surface area is 502 Å². The van der Waals surface area contributed by atoms with Crippen molar-refractivity contribution >= 4 is 118 Å². The van der Waals surface area contributed by atoms with Crippen LogP contribution in [0, 0.1) is 6.92 Å². The van der Waals surface area contributed by atoms with Crippen LogP contribution in [0.4, 0.5) is 0 Å². The van der Waals surface area contributed by atoms with E-state index in [4.69, 9.17) is 0 Å². The van der Waals surface area contributed by atoms with Crippen molar-refractivity contribution in [1.29, 1.82) is 0 Å². The first kappa shape index (κ1) is 47.2. The summed E-state index contributed by atoms with van der Waals surface area (Å²) in [7, 11) is 0. The predicted octanol–water partition coefficient (Wildman–Crippen LogP) is 24.6. The first-order chi connectivity index (χ1) is 43.2. The normalized spacial score (nSPS) is 12.4. The Bertz CT molecular complexity index is 5970. The Morgan fingerprint density at radius 3 is 1.08 bits per heavy atom. The Balaban J connectivity index is 0.911. The van der Waals surface area contributed by atoms with E-state index in [-0.39, 0.29) is 0 Å². The van der Waals surface area contributed by atoms with Crippen molar-refractivity contribution in [2.24, 2.45) is 0 Å². The van der Waals surface area contributed by atoms with Gasteiger partial charge in [-0.1, -0.05) is 273 Å². The molecule has 20 rings (SSSR count). The van der Waals surface area contributed by atoms with Gasteiger partial charge in [-0.2, -0.15) is 0 Å². The number of aryl methyl sites for hydroxylation is 1. The van der Waals surface area contributed by atoms with Crippen molar-refractivity contribution in [3.8, 4) is 89.0 Å². The first-order valence-electron chi connectivity index (χ1n) is 30.6. The fourth-order valence-corrected chi connectivity index (χ4v) is 16.7. The highest BCUT2D eigenvalue weighted by Gasteiger charge is 2.34. The van der Waals surface area contributed by atoms with E-state index in [2.05, 4.69) is 292 Å². The largest absolute Gasteiger partial charge is 0.0622 e. The van der Waals surface area contributed by atoms with Crippen LogP contribution in [0.3, 0.4) is 0 Å². The van der Waals surface area contributed by atoms with Crippen LogP contribution in [0.25, 0.3) is 208 Å². The molecule has 0 spiro atoms. The molecule has 87 heavy (non-hydrogen) atoms. The lowest BCUT2D eigenvalue weighted by atomic mass is 9.81. The van der Waals surface area contributed by atoms with Crippen LogP contribution in [0.1, 0.15) is 5.56 Å². The summed E-state index contributed by atoms with van der Waals surface area (Å²) in [4.78, 5) is 0. The maximum Gasteiger partial charge on any atom is -0.000718 e. The lowest BCUT2D eigenvalue weighted by molar-refractivity contribution is 1.47. The van der Waals surface area contributed by atoms with Crippen LogP contribution in [0.2, 0.25) is 0 Å². The van der Waals surface area contributed by atoms with Gasteiger partial charge < -0.3 is 0 Å². The lowest BCUT2D eigenvalue weighted by Gasteiger charge is -2.22.